The van der Waals surface area contributed by atoms with E-state index in [1.165, 1.54) is 5.56 Å². The third-order valence-electron chi connectivity index (χ3n) is 3.35. The van der Waals surface area contributed by atoms with Gasteiger partial charge in [-0.2, -0.15) is 0 Å². The number of aldehydes is 1. The molecule has 2 rings (SSSR count). The molecular formula is C15H20O2. The first-order valence-electron chi connectivity index (χ1n) is 6.10. The molecule has 0 unspecified atom stereocenters. The van der Waals surface area contributed by atoms with Gasteiger partial charge >= 0.3 is 0 Å². The van der Waals surface area contributed by atoms with Crippen LogP contribution in [0.3, 0.4) is 0 Å². The van der Waals surface area contributed by atoms with Crippen molar-refractivity contribution in [3.8, 4) is 5.75 Å². The Labute approximate surface area is 103 Å². The van der Waals surface area contributed by atoms with Gasteiger partial charge in [0.15, 0.2) is 0 Å². The number of fused-ring (bicyclic) bond motifs is 1. The first-order valence-corrected chi connectivity index (χ1v) is 6.10. The van der Waals surface area contributed by atoms with E-state index >= 15 is 0 Å². The molecule has 0 saturated heterocycles. The van der Waals surface area contributed by atoms with E-state index in [-0.39, 0.29) is 11.0 Å². The van der Waals surface area contributed by atoms with Crippen LogP contribution in [-0.4, -0.2) is 11.9 Å². The fraction of sp³-hybridized carbons (Fsp3) is 0.533. The maximum atomic E-state index is 10.6. The number of hydrogen-bond acceptors (Lipinski definition) is 2. The lowest BCUT2D eigenvalue weighted by Crippen LogP contribution is -2.41. The van der Waals surface area contributed by atoms with Gasteiger partial charge in [-0.15, -0.1) is 0 Å². The molecule has 0 aliphatic carbocycles. The Morgan fingerprint density at radius 3 is 2.65 bits per heavy atom. The molecule has 1 heterocycles. The predicted molar refractivity (Wildman–Crippen MR) is 68.6 cm³/mol. The van der Waals surface area contributed by atoms with Crippen LogP contribution >= 0.6 is 0 Å². The summed E-state index contributed by atoms with van der Waals surface area (Å²) in [6, 6.07) is 6.08. The summed E-state index contributed by atoms with van der Waals surface area (Å²) in [6.07, 6.45) is 2.41. The zero-order valence-corrected chi connectivity index (χ0v) is 11.0. The van der Waals surface area contributed by atoms with E-state index < -0.39 is 0 Å². The van der Waals surface area contributed by atoms with Crippen molar-refractivity contribution in [2.24, 2.45) is 0 Å². The maximum absolute atomic E-state index is 10.6. The van der Waals surface area contributed by atoms with Crippen molar-refractivity contribution in [3.63, 3.8) is 0 Å². The molecule has 0 amide bonds. The fourth-order valence-corrected chi connectivity index (χ4v) is 2.91. The molecule has 1 aromatic rings. The Hall–Kier alpha value is -1.31. The summed E-state index contributed by atoms with van der Waals surface area (Å²) in [4.78, 5) is 10.6. The third-order valence-corrected chi connectivity index (χ3v) is 3.35. The van der Waals surface area contributed by atoms with E-state index in [0.29, 0.717) is 6.42 Å². The molecule has 0 spiro atoms. The summed E-state index contributed by atoms with van der Waals surface area (Å²) < 4.78 is 6.00. The zero-order chi connectivity index (χ0) is 12.7. The molecule has 0 saturated carbocycles. The summed E-state index contributed by atoms with van der Waals surface area (Å²) in [7, 11) is 0. The second-order valence-electron chi connectivity index (χ2n) is 6.12. The molecule has 2 heteroatoms. The van der Waals surface area contributed by atoms with Crippen LogP contribution in [0.1, 0.15) is 45.2 Å². The normalized spacial score (nSPS) is 20.2. The second kappa shape index (κ2) is 3.86. The van der Waals surface area contributed by atoms with Gasteiger partial charge in [-0.05, 0) is 37.3 Å². The highest BCUT2D eigenvalue weighted by atomic mass is 16.5. The lowest BCUT2D eigenvalue weighted by molar-refractivity contribution is -0.107. The molecule has 0 radical (unpaired) electrons. The average Bonchev–Trinajstić information content (AvgIpc) is 2.17. The molecule has 1 aromatic carbocycles. The minimum absolute atomic E-state index is 0.0932. The third kappa shape index (κ3) is 2.36. The Kier molecular flexibility index (Phi) is 2.76. The van der Waals surface area contributed by atoms with Gasteiger partial charge in [0.2, 0.25) is 0 Å². The fourth-order valence-electron chi connectivity index (χ4n) is 2.91. The molecule has 17 heavy (non-hydrogen) atoms. The van der Waals surface area contributed by atoms with Crippen LogP contribution in [0.5, 0.6) is 5.75 Å². The smallest absolute Gasteiger partial charge is 0.124 e. The molecule has 92 valence electrons. The average molecular weight is 232 g/mol. The summed E-state index contributed by atoms with van der Waals surface area (Å²) in [6.45, 7) is 8.72. The first-order chi connectivity index (χ1) is 7.84. The van der Waals surface area contributed by atoms with Crippen LogP contribution in [0.4, 0.5) is 0 Å². The lowest BCUT2D eigenvalue weighted by Gasteiger charge is -2.42. The summed E-state index contributed by atoms with van der Waals surface area (Å²) in [5.41, 5.74) is 2.25. The van der Waals surface area contributed by atoms with Crippen molar-refractivity contribution in [2.75, 3.05) is 0 Å². The molecule has 2 nitrogen and oxygen atoms in total. The molecule has 0 fully saturated rings. The topological polar surface area (TPSA) is 26.3 Å². The van der Waals surface area contributed by atoms with Crippen molar-refractivity contribution in [1.29, 1.82) is 0 Å². The van der Waals surface area contributed by atoms with Gasteiger partial charge in [0.05, 0.1) is 0 Å². The highest BCUT2D eigenvalue weighted by Gasteiger charge is 2.38. The largest absolute Gasteiger partial charge is 0.488 e. The van der Waals surface area contributed by atoms with Gasteiger partial charge in [-0.25, -0.2) is 0 Å². The minimum atomic E-state index is -0.122. The molecule has 1 aliphatic rings. The van der Waals surface area contributed by atoms with Gasteiger partial charge in [0.1, 0.15) is 17.6 Å². The van der Waals surface area contributed by atoms with E-state index in [0.717, 1.165) is 24.0 Å². The van der Waals surface area contributed by atoms with Gasteiger partial charge in [0.25, 0.3) is 0 Å². The zero-order valence-electron chi connectivity index (χ0n) is 11.0. The molecular weight excluding hydrogens is 212 g/mol. The van der Waals surface area contributed by atoms with Crippen molar-refractivity contribution in [2.45, 2.75) is 51.6 Å². The summed E-state index contributed by atoms with van der Waals surface area (Å²) >= 11 is 0. The molecule has 0 atom stereocenters. The van der Waals surface area contributed by atoms with Crippen molar-refractivity contribution in [3.05, 3.63) is 29.3 Å². The van der Waals surface area contributed by atoms with E-state index in [4.69, 9.17) is 4.74 Å². The highest BCUT2D eigenvalue weighted by molar-refractivity contribution is 5.56. The van der Waals surface area contributed by atoms with Crippen molar-refractivity contribution in [1.82, 2.24) is 0 Å². The van der Waals surface area contributed by atoms with Crippen molar-refractivity contribution >= 4 is 6.29 Å². The second-order valence-corrected chi connectivity index (χ2v) is 6.12. The number of benzene rings is 1. The number of rotatable bonds is 2. The van der Waals surface area contributed by atoms with Crippen LogP contribution in [-0.2, 0) is 16.6 Å². The minimum Gasteiger partial charge on any atom is -0.488 e. The van der Waals surface area contributed by atoms with Crippen LogP contribution < -0.4 is 4.74 Å². The van der Waals surface area contributed by atoms with E-state index in [1.54, 1.807) is 0 Å². The standard InChI is InChI=1S/C15H20O2/c1-14(2)10-15(3,4)17-13-6-5-11(7-8-16)9-12(13)14/h5-6,8-9H,7,10H2,1-4H3. The summed E-state index contributed by atoms with van der Waals surface area (Å²) in [5.74, 6) is 0.959. The Morgan fingerprint density at radius 1 is 1.29 bits per heavy atom. The molecule has 0 aromatic heterocycles. The van der Waals surface area contributed by atoms with Crippen LogP contribution in [0.15, 0.2) is 18.2 Å². The van der Waals surface area contributed by atoms with Crippen LogP contribution in [0.25, 0.3) is 0 Å². The SMILES string of the molecule is CC1(C)CC(C)(C)c2cc(CC=O)ccc2O1. The molecule has 0 N–H and O–H groups in total. The van der Waals surface area contributed by atoms with Gasteiger partial charge in [0, 0.05) is 12.0 Å². The lowest BCUT2D eigenvalue weighted by atomic mass is 9.73. The monoisotopic (exact) mass is 232 g/mol. The van der Waals surface area contributed by atoms with Gasteiger partial charge in [-0.3, -0.25) is 0 Å². The first kappa shape index (κ1) is 12.2. The Morgan fingerprint density at radius 2 is 2.00 bits per heavy atom. The number of hydrogen-bond donors (Lipinski definition) is 0. The summed E-state index contributed by atoms with van der Waals surface area (Å²) in [5, 5.41) is 0. The highest BCUT2D eigenvalue weighted by Crippen LogP contribution is 2.44. The Bertz CT molecular complexity index is 444. The van der Waals surface area contributed by atoms with Crippen molar-refractivity contribution < 1.29 is 9.53 Å². The van der Waals surface area contributed by atoms with Crippen LogP contribution in [0, 0.1) is 0 Å². The van der Waals surface area contributed by atoms with Crippen LogP contribution in [0.2, 0.25) is 0 Å². The van der Waals surface area contributed by atoms with Gasteiger partial charge in [-0.1, -0.05) is 26.0 Å². The maximum Gasteiger partial charge on any atom is 0.124 e. The number of carbonyl (C=O) groups is 1. The van der Waals surface area contributed by atoms with E-state index in [1.807, 2.05) is 12.1 Å². The van der Waals surface area contributed by atoms with E-state index in [9.17, 15) is 4.79 Å². The Balaban J connectivity index is 2.47. The molecule has 1 aliphatic heterocycles. The number of carbonyl (C=O) groups excluding carboxylic acids is 1. The quantitative estimate of drug-likeness (QED) is 0.731. The van der Waals surface area contributed by atoms with E-state index in [2.05, 4.69) is 33.8 Å². The van der Waals surface area contributed by atoms with Gasteiger partial charge < -0.3 is 9.53 Å². The predicted octanol–water partition coefficient (Wildman–Crippen LogP) is 3.27. The number of ether oxygens (including phenoxy) is 1. The molecule has 0 bridgehead atoms.